The summed E-state index contributed by atoms with van der Waals surface area (Å²) >= 11 is 0. The van der Waals surface area contributed by atoms with Crippen molar-refractivity contribution in [1.29, 1.82) is 0 Å². The number of hydrogen-bond donors (Lipinski definition) is 0. The number of fused-ring (bicyclic) bond motifs is 3. The summed E-state index contributed by atoms with van der Waals surface area (Å²) in [5.74, 6) is 0.833. The number of pyridine rings is 1. The van der Waals surface area contributed by atoms with E-state index in [4.69, 9.17) is 18.6 Å². The SMILES string of the molecule is Cc1cc(-c2ccccc2)n2nc3cccc[n+]3c2n1.[O-][Cl+3]([O-])([O-])[O-]. The van der Waals surface area contributed by atoms with Gasteiger partial charge >= 0.3 is 5.78 Å². The molecule has 0 aliphatic carbocycles. The molecule has 0 atom stereocenters. The number of hydrogen-bond acceptors (Lipinski definition) is 6. The van der Waals surface area contributed by atoms with Gasteiger partial charge in [0.05, 0.1) is 6.20 Å². The van der Waals surface area contributed by atoms with Gasteiger partial charge in [-0.3, -0.25) is 0 Å². The number of benzene rings is 1. The smallest absolute Gasteiger partial charge is 0.222 e. The quantitative estimate of drug-likeness (QED) is 0.351. The second kappa shape index (κ2) is 6.71. The summed E-state index contributed by atoms with van der Waals surface area (Å²) in [5, 5.41) is 4.65. The standard InChI is InChI=1S/C16H13N4.ClHO4/c1-12-11-14(13-7-3-2-4-8-13)20-16(17-12)19-10-6-5-9-15(19)18-20;2-1(3,4)5/h2-11H,1H3;(H,2,3,4,5)/q+1;/p-1. The van der Waals surface area contributed by atoms with Crippen LogP contribution in [-0.2, 0) is 0 Å². The van der Waals surface area contributed by atoms with E-state index < -0.39 is 10.2 Å². The van der Waals surface area contributed by atoms with Crippen molar-refractivity contribution in [2.24, 2.45) is 0 Å². The predicted octanol–water partition coefficient (Wildman–Crippen LogP) is -2.31. The van der Waals surface area contributed by atoms with Crippen molar-refractivity contribution in [3.05, 3.63) is 66.5 Å². The molecule has 0 bridgehead atoms. The highest BCUT2D eigenvalue weighted by molar-refractivity contribution is 5.61. The molecule has 4 aromatic rings. The van der Waals surface area contributed by atoms with Crippen molar-refractivity contribution in [3.63, 3.8) is 0 Å². The zero-order valence-corrected chi connectivity index (χ0v) is 13.8. The van der Waals surface area contributed by atoms with Gasteiger partial charge in [0.1, 0.15) is 11.4 Å². The molecule has 8 nitrogen and oxygen atoms in total. The van der Waals surface area contributed by atoms with Crippen LogP contribution in [0.1, 0.15) is 5.69 Å². The normalized spacial score (nSPS) is 11.4. The molecular weight excluding hydrogens is 348 g/mol. The molecule has 128 valence electrons. The molecule has 0 fully saturated rings. The second-order valence-electron chi connectivity index (χ2n) is 5.17. The molecule has 0 radical (unpaired) electrons. The average Bonchev–Trinajstić information content (AvgIpc) is 2.92. The molecular formula is C16H13ClN4O4. The van der Waals surface area contributed by atoms with Crippen LogP contribution in [0.5, 0.6) is 0 Å². The molecule has 0 amide bonds. The summed E-state index contributed by atoms with van der Waals surface area (Å²) in [6.45, 7) is 2.01. The molecule has 3 aromatic heterocycles. The molecule has 4 rings (SSSR count). The highest BCUT2D eigenvalue weighted by Crippen LogP contribution is 2.19. The first-order valence-corrected chi connectivity index (χ1v) is 8.40. The minimum Gasteiger partial charge on any atom is -0.222 e. The van der Waals surface area contributed by atoms with Gasteiger partial charge in [-0.2, -0.15) is 4.40 Å². The molecule has 0 saturated carbocycles. The van der Waals surface area contributed by atoms with Gasteiger partial charge in [-0.1, -0.05) is 40.9 Å². The van der Waals surface area contributed by atoms with E-state index >= 15 is 0 Å². The van der Waals surface area contributed by atoms with Crippen molar-refractivity contribution in [3.8, 4) is 11.3 Å². The molecule has 0 aliphatic rings. The molecule has 3 heterocycles. The number of nitrogens with zero attached hydrogens (tertiary/aromatic N) is 4. The van der Waals surface area contributed by atoms with E-state index in [1.54, 1.807) is 0 Å². The fourth-order valence-electron chi connectivity index (χ4n) is 2.46. The van der Waals surface area contributed by atoms with Crippen molar-refractivity contribution in [2.45, 2.75) is 6.92 Å². The molecule has 0 saturated heterocycles. The van der Waals surface area contributed by atoms with E-state index in [1.807, 2.05) is 58.4 Å². The zero-order chi connectivity index (χ0) is 18.0. The molecule has 0 N–H and O–H groups in total. The minimum atomic E-state index is -4.94. The molecule has 9 heteroatoms. The van der Waals surface area contributed by atoms with Crippen LogP contribution >= 0.6 is 0 Å². The Bertz CT molecular complexity index is 1010. The van der Waals surface area contributed by atoms with Crippen molar-refractivity contribution >= 4 is 11.4 Å². The van der Waals surface area contributed by atoms with E-state index in [9.17, 15) is 0 Å². The summed E-state index contributed by atoms with van der Waals surface area (Å²) in [7, 11) is -4.94. The molecule has 25 heavy (non-hydrogen) atoms. The Hall–Kier alpha value is -2.62. The van der Waals surface area contributed by atoms with Crippen molar-refractivity contribution in [1.82, 2.24) is 14.6 Å². The minimum absolute atomic E-state index is 0.833. The fourth-order valence-corrected chi connectivity index (χ4v) is 2.46. The summed E-state index contributed by atoms with van der Waals surface area (Å²) in [5.41, 5.74) is 4.06. The maximum absolute atomic E-state index is 8.49. The third kappa shape index (κ3) is 4.08. The third-order valence-corrected chi connectivity index (χ3v) is 3.37. The lowest BCUT2D eigenvalue weighted by Gasteiger charge is -2.17. The van der Waals surface area contributed by atoms with Gasteiger partial charge < -0.3 is 0 Å². The highest BCUT2D eigenvalue weighted by atomic mass is 35.7. The van der Waals surface area contributed by atoms with Gasteiger partial charge in [-0.25, -0.2) is 18.6 Å². The van der Waals surface area contributed by atoms with Crippen LogP contribution in [0.4, 0.5) is 0 Å². The van der Waals surface area contributed by atoms with Crippen molar-refractivity contribution < 1.29 is 33.3 Å². The Labute approximate surface area is 144 Å². The van der Waals surface area contributed by atoms with E-state index in [0.29, 0.717) is 0 Å². The Morgan fingerprint density at radius 2 is 1.60 bits per heavy atom. The molecule has 0 spiro atoms. The Morgan fingerprint density at radius 1 is 0.960 bits per heavy atom. The molecule has 0 unspecified atom stereocenters. The van der Waals surface area contributed by atoms with Crippen LogP contribution in [0.3, 0.4) is 0 Å². The van der Waals surface area contributed by atoms with Crippen LogP contribution < -0.4 is 23.0 Å². The first kappa shape index (κ1) is 17.2. The fraction of sp³-hybridized carbons (Fsp3) is 0.0625. The van der Waals surface area contributed by atoms with Gasteiger partial charge in [-0.05, 0) is 13.0 Å². The lowest BCUT2D eigenvalue weighted by atomic mass is 10.1. The van der Waals surface area contributed by atoms with E-state index in [-0.39, 0.29) is 0 Å². The van der Waals surface area contributed by atoms with Gasteiger partial charge in [0.2, 0.25) is 0 Å². The van der Waals surface area contributed by atoms with E-state index in [1.165, 1.54) is 0 Å². The Morgan fingerprint density at radius 3 is 2.28 bits per heavy atom. The largest absolute Gasteiger partial charge is 0.392 e. The van der Waals surface area contributed by atoms with Crippen LogP contribution in [-0.4, -0.2) is 14.6 Å². The zero-order valence-electron chi connectivity index (χ0n) is 13.1. The maximum atomic E-state index is 8.49. The Kier molecular flexibility index (Phi) is 4.62. The third-order valence-electron chi connectivity index (χ3n) is 3.37. The van der Waals surface area contributed by atoms with Crippen molar-refractivity contribution in [2.75, 3.05) is 0 Å². The van der Waals surface area contributed by atoms with Gasteiger partial charge in [0.15, 0.2) is 0 Å². The van der Waals surface area contributed by atoms with Gasteiger partial charge in [0, 0.05) is 22.8 Å². The van der Waals surface area contributed by atoms with E-state index in [0.717, 1.165) is 28.4 Å². The lowest BCUT2D eigenvalue weighted by Crippen LogP contribution is -2.68. The molecule has 1 aromatic carbocycles. The first-order chi connectivity index (χ1) is 11.8. The van der Waals surface area contributed by atoms with Crippen LogP contribution in [0.2, 0.25) is 0 Å². The number of aryl methyl sites for hydroxylation is 1. The highest BCUT2D eigenvalue weighted by Gasteiger charge is 2.19. The number of rotatable bonds is 1. The maximum Gasteiger partial charge on any atom is 0.392 e. The summed E-state index contributed by atoms with van der Waals surface area (Å²) < 4.78 is 37.9. The van der Waals surface area contributed by atoms with Crippen LogP contribution in [0.15, 0.2) is 60.8 Å². The van der Waals surface area contributed by atoms with Gasteiger partial charge in [0.25, 0.3) is 5.65 Å². The number of halogens is 1. The van der Waals surface area contributed by atoms with Gasteiger partial charge in [-0.15, -0.1) is 15.2 Å². The first-order valence-electron chi connectivity index (χ1n) is 7.17. The number of aromatic nitrogens is 4. The average molecular weight is 361 g/mol. The predicted molar refractivity (Wildman–Crippen MR) is 76.3 cm³/mol. The summed E-state index contributed by atoms with van der Waals surface area (Å²) in [6.07, 6.45) is 1.98. The summed E-state index contributed by atoms with van der Waals surface area (Å²) in [4.78, 5) is 4.61. The molecule has 0 aliphatic heterocycles. The summed E-state index contributed by atoms with van der Waals surface area (Å²) in [6, 6.07) is 18.3. The van der Waals surface area contributed by atoms with Crippen LogP contribution in [0, 0.1) is 17.2 Å². The second-order valence-corrected chi connectivity index (χ2v) is 5.92. The van der Waals surface area contributed by atoms with Crippen LogP contribution in [0.25, 0.3) is 22.7 Å². The monoisotopic (exact) mass is 360 g/mol. The topological polar surface area (TPSA) is 127 Å². The lowest BCUT2D eigenvalue weighted by molar-refractivity contribution is -2.00. The Balaban J connectivity index is 0.000000324. The van der Waals surface area contributed by atoms with E-state index in [2.05, 4.69) is 28.3 Å².